The van der Waals surface area contributed by atoms with Gasteiger partial charge in [-0.25, -0.2) is 0 Å². The number of nitrogens with two attached hydrogens (primary N) is 1. The third kappa shape index (κ3) is 5.24. The normalized spacial score (nSPS) is 12.1. The lowest BCUT2D eigenvalue weighted by Gasteiger charge is -2.23. The molecule has 1 rings (SSSR count). The molecule has 0 bridgehead atoms. The molecule has 7 heteroatoms. The van der Waals surface area contributed by atoms with E-state index in [1.807, 2.05) is 0 Å². The summed E-state index contributed by atoms with van der Waals surface area (Å²) >= 11 is 3.23. The quantitative estimate of drug-likeness (QED) is 0.817. The lowest BCUT2D eigenvalue weighted by Crippen LogP contribution is -2.35. The van der Waals surface area contributed by atoms with Crippen molar-refractivity contribution >= 4 is 21.6 Å². The monoisotopic (exact) mass is 326 g/mol. The van der Waals surface area contributed by atoms with E-state index in [2.05, 4.69) is 15.9 Å². The third-order valence-corrected chi connectivity index (χ3v) is 2.81. The fourth-order valence-electron chi connectivity index (χ4n) is 1.56. The molecule has 0 saturated carbocycles. The number of nitrogens with zero attached hydrogens (tertiary/aromatic N) is 1. The van der Waals surface area contributed by atoms with Crippen molar-refractivity contribution < 1.29 is 18.3 Å². The Hall–Kier alpha value is -0.790. The summed E-state index contributed by atoms with van der Waals surface area (Å²) < 4.78 is 37.8. The van der Waals surface area contributed by atoms with E-state index in [9.17, 15) is 13.2 Å². The van der Waals surface area contributed by atoms with Crippen LogP contribution in [0.15, 0.2) is 22.7 Å². The van der Waals surface area contributed by atoms with Crippen molar-refractivity contribution in [2.75, 3.05) is 25.4 Å². The van der Waals surface area contributed by atoms with Crippen LogP contribution < -0.4 is 5.73 Å². The summed E-state index contributed by atoms with van der Waals surface area (Å²) in [6, 6.07) is 5.02. The maximum absolute atomic E-state index is 12.3. The summed E-state index contributed by atoms with van der Waals surface area (Å²) in [5.41, 5.74) is 6.76. The van der Waals surface area contributed by atoms with E-state index >= 15 is 0 Å². The first-order chi connectivity index (χ1) is 8.31. The fraction of sp³-hybridized carbons (Fsp3) is 0.455. The fourth-order valence-corrected chi connectivity index (χ4v) is 1.94. The van der Waals surface area contributed by atoms with E-state index in [-0.39, 0.29) is 19.7 Å². The molecule has 0 fully saturated rings. The van der Waals surface area contributed by atoms with Gasteiger partial charge in [-0.05, 0) is 17.7 Å². The Morgan fingerprint density at radius 1 is 1.33 bits per heavy atom. The van der Waals surface area contributed by atoms with Crippen molar-refractivity contribution in [1.29, 1.82) is 0 Å². The average molecular weight is 327 g/mol. The van der Waals surface area contributed by atoms with E-state index in [1.54, 1.807) is 18.2 Å². The molecule has 1 aromatic rings. The van der Waals surface area contributed by atoms with Crippen LogP contribution in [0, 0.1) is 0 Å². The van der Waals surface area contributed by atoms with Gasteiger partial charge in [0.1, 0.15) is 0 Å². The van der Waals surface area contributed by atoms with Crippen LogP contribution >= 0.6 is 15.9 Å². The maximum atomic E-state index is 12.3. The highest BCUT2D eigenvalue weighted by Crippen LogP contribution is 2.22. The molecule has 0 saturated heterocycles. The number of nitrogen functional groups attached to an aromatic ring is 1. The summed E-state index contributed by atoms with van der Waals surface area (Å²) in [6.45, 7) is -1.39. The Morgan fingerprint density at radius 3 is 2.50 bits per heavy atom. The van der Waals surface area contributed by atoms with Crippen LogP contribution in [0.25, 0.3) is 0 Å². The molecule has 0 atom stereocenters. The number of hydrogen-bond donors (Lipinski definition) is 2. The average Bonchev–Trinajstić information content (AvgIpc) is 2.20. The molecule has 0 aromatic heterocycles. The molecule has 18 heavy (non-hydrogen) atoms. The van der Waals surface area contributed by atoms with Crippen molar-refractivity contribution in [2.24, 2.45) is 0 Å². The van der Waals surface area contributed by atoms with Crippen molar-refractivity contribution in [3.05, 3.63) is 28.2 Å². The van der Waals surface area contributed by atoms with E-state index in [1.165, 1.54) is 0 Å². The number of hydrogen-bond acceptors (Lipinski definition) is 3. The van der Waals surface area contributed by atoms with Crippen LogP contribution in [0.5, 0.6) is 0 Å². The first-order valence-corrected chi connectivity index (χ1v) is 6.05. The largest absolute Gasteiger partial charge is 0.401 e. The Kier molecular flexibility index (Phi) is 5.43. The number of benzene rings is 1. The zero-order chi connectivity index (χ0) is 13.8. The van der Waals surface area contributed by atoms with Gasteiger partial charge in [-0.2, -0.15) is 13.2 Å². The number of rotatable bonds is 5. The van der Waals surface area contributed by atoms with Gasteiger partial charge < -0.3 is 10.8 Å². The van der Waals surface area contributed by atoms with Gasteiger partial charge in [0, 0.05) is 23.2 Å². The minimum absolute atomic E-state index is 0.0466. The van der Waals surface area contributed by atoms with Gasteiger partial charge in [-0.1, -0.05) is 22.0 Å². The van der Waals surface area contributed by atoms with Crippen LogP contribution in [0.2, 0.25) is 0 Å². The molecule has 0 radical (unpaired) electrons. The molecular weight excluding hydrogens is 313 g/mol. The Bertz CT molecular complexity index is 398. The van der Waals surface area contributed by atoms with Crippen LogP contribution in [0.1, 0.15) is 5.56 Å². The Balaban J connectivity index is 2.76. The summed E-state index contributed by atoms with van der Waals surface area (Å²) in [5, 5.41) is 8.78. The van der Waals surface area contributed by atoms with Gasteiger partial charge in [0.2, 0.25) is 0 Å². The van der Waals surface area contributed by atoms with E-state index in [0.29, 0.717) is 11.3 Å². The summed E-state index contributed by atoms with van der Waals surface area (Å²) in [6.07, 6.45) is -4.29. The summed E-state index contributed by atoms with van der Waals surface area (Å²) in [5.74, 6) is 0. The smallest absolute Gasteiger partial charge is 0.398 e. The van der Waals surface area contributed by atoms with E-state index in [4.69, 9.17) is 10.8 Å². The predicted octanol–water partition coefficient (Wildman–Crippen LogP) is 2.39. The second-order valence-corrected chi connectivity index (χ2v) is 4.81. The van der Waals surface area contributed by atoms with Crippen LogP contribution in [0.3, 0.4) is 0 Å². The zero-order valence-electron chi connectivity index (χ0n) is 9.54. The maximum Gasteiger partial charge on any atom is 0.401 e. The van der Waals surface area contributed by atoms with Crippen molar-refractivity contribution in [3.8, 4) is 0 Å². The van der Waals surface area contributed by atoms with Gasteiger partial charge in [-0.3, -0.25) is 4.90 Å². The SMILES string of the molecule is Nc1cc(Br)ccc1CN(CCO)CC(F)(F)F. The molecule has 1 aromatic carbocycles. The highest BCUT2D eigenvalue weighted by molar-refractivity contribution is 9.10. The molecule has 0 unspecified atom stereocenters. The Morgan fingerprint density at radius 2 is 2.00 bits per heavy atom. The highest BCUT2D eigenvalue weighted by atomic mass is 79.9. The number of aliphatic hydroxyl groups excluding tert-OH is 1. The molecule has 3 N–H and O–H groups in total. The minimum Gasteiger partial charge on any atom is -0.398 e. The first kappa shape index (κ1) is 15.3. The van der Waals surface area contributed by atoms with Gasteiger partial charge in [0.05, 0.1) is 13.2 Å². The van der Waals surface area contributed by atoms with E-state index < -0.39 is 12.7 Å². The lowest BCUT2D eigenvalue weighted by atomic mass is 10.1. The molecule has 0 aliphatic rings. The number of aliphatic hydroxyl groups is 1. The molecule has 102 valence electrons. The van der Waals surface area contributed by atoms with Crippen molar-refractivity contribution in [2.45, 2.75) is 12.7 Å². The van der Waals surface area contributed by atoms with Crippen LogP contribution in [0.4, 0.5) is 18.9 Å². The molecule has 0 aliphatic heterocycles. The second-order valence-electron chi connectivity index (χ2n) is 3.89. The summed E-state index contributed by atoms with van der Waals surface area (Å²) in [4.78, 5) is 1.11. The molecule has 0 aliphatic carbocycles. The van der Waals surface area contributed by atoms with Crippen LogP contribution in [-0.4, -0.2) is 35.9 Å². The lowest BCUT2D eigenvalue weighted by molar-refractivity contribution is -0.147. The van der Waals surface area contributed by atoms with Crippen LogP contribution in [-0.2, 0) is 6.54 Å². The standard InChI is InChI=1S/C11H14BrF3N2O/c12-9-2-1-8(10(16)5-9)6-17(3-4-18)7-11(13,14)15/h1-2,5,18H,3-4,6-7,16H2. The zero-order valence-corrected chi connectivity index (χ0v) is 11.1. The molecule has 0 heterocycles. The third-order valence-electron chi connectivity index (χ3n) is 2.32. The van der Waals surface area contributed by atoms with Gasteiger partial charge in [0.25, 0.3) is 0 Å². The van der Waals surface area contributed by atoms with Crippen molar-refractivity contribution in [1.82, 2.24) is 4.90 Å². The molecule has 3 nitrogen and oxygen atoms in total. The highest BCUT2D eigenvalue weighted by Gasteiger charge is 2.30. The van der Waals surface area contributed by atoms with Crippen molar-refractivity contribution in [3.63, 3.8) is 0 Å². The molecule has 0 amide bonds. The minimum atomic E-state index is -4.29. The van der Waals surface area contributed by atoms with Gasteiger partial charge in [-0.15, -0.1) is 0 Å². The number of alkyl halides is 3. The van der Waals surface area contributed by atoms with Gasteiger partial charge in [0.15, 0.2) is 0 Å². The number of anilines is 1. The topological polar surface area (TPSA) is 49.5 Å². The predicted molar refractivity (Wildman–Crippen MR) is 67.0 cm³/mol. The second kappa shape index (κ2) is 6.40. The number of halogens is 4. The molecule has 0 spiro atoms. The molecular formula is C11H14BrF3N2O. The Labute approximate surface area is 112 Å². The van der Waals surface area contributed by atoms with E-state index in [0.717, 1.165) is 9.37 Å². The summed E-state index contributed by atoms with van der Waals surface area (Å²) in [7, 11) is 0. The first-order valence-electron chi connectivity index (χ1n) is 5.25. The van der Waals surface area contributed by atoms with Gasteiger partial charge >= 0.3 is 6.18 Å².